The van der Waals surface area contributed by atoms with E-state index in [9.17, 15) is 4.79 Å². The third-order valence-electron chi connectivity index (χ3n) is 7.15. The van der Waals surface area contributed by atoms with Gasteiger partial charge in [-0.15, -0.1) is 0 Å². The molecule has 0 aromatic heterocycles. The predicted molar refractivity (Wildman–Crippen MR) is 101 cm³/mol. The number of nitrogens with zero attached hydrogens (tertiary/aromatic N) is 1. The van der Waals surface area contributed by atoms with Crippen molar-refractivity contribution in [2.45, 2.75) is 37.3 Å². The predicted octanol–water partition coefficient (Wildman–Crippen LogP) is 2.18. The van der Waals surface area contributed by atoms with Crippen LogP contribution in [-0.4, -0.2) is 45.4 Å². The minimum atomic E-state index is -0.706. The van der Waals surface area contributed by atoms with Crippen molar-refractivity contribution in [3.63, 3.8) is 0 Å². The molecule has 1 saturated carbocycles. The molecule has 6 rings (SSSR count). The number of anilines is 1. The number of piperidine rings is 1. The number of nitrogens with one attached hydrogen (secondary N) is 1. The number of amides is 1. The molecule has 4 aliphatic heterocycles. The molecular formula is C21H26N2O4. The maximum Gasteiger partial charge on any atom is 0.264 e. The summed E-state index contributed by atoms with van der Waals surface area (Å²) in [6, 6.07) is 6.11. The number of ether oxygens (including phenoxy) is 2. The Morgan fingerprint density at radius 3 is 2.96 bits per heavy atom. The number of carbonyl (C=O) groups is 1. The summed E-state index contributed by atoms with van der Waals surface area (Å²) < 4.78 is 11.7. The highest BCUT2D eigenvalue weighted by atomic mass is 16.7. The molecule has 3 saturated heterocycles. The molecule has 2 unspecified atom stereocenters. The van der Waals surface area contributed by atoms with Crippen molar-refractivity contribution >= 4 is 11.6 Å². The van der Waals surface area contributed by atoms with E-state index in [1.54, 1.807) is 14.2 Å². The molecule has 6 heteroatoms. The Kier molecular flexibility index (Phi) is 3.86. The van der Waals surface area contributed by atoms with Crippen LogP contribution in [0.3, 0.4) is 0 Å². The average Bonchev–Trinajstić information content (AvgIpc) is 2.80. The number of benzene rings is 1. The topological polar surface area (TPSA) is 60.0 Å². The zero-order valence-corrected chi connectivity index (χ0v) is 16.0. The summed E-state index contributed by atoms with van der Waals surface area (Å²) in [4.78, 5) is 19.2. The highest BCUT2D eigenvalue weighted by molar-refractivity contribution is 6.07. The maximum absolute atomic E-state index is 13.7. The second-order valence-corrected chi connectivity index (χ2v) is 8.02. The molecule has 4 fully saturated rings. The number of hydrogen-bond acceptors (Lipinski definition) is 5. The van der Waals surface area contributed by atoms with Gasteiger partial charge in [-0.3, -0.25) is 9.63 Å². The first-order chi connectivity index (χ1) is 13.1. The average molecular weight is 370 g/mol. The van der Waals surface area contributed by atoms with E-state index in [1.165, 1.54) is 10.6 Å². The number of allylic oxidation sites excluding steroid dienone is 1. The third-order valence-corrected chi connectivity index (χ3v) is 7.15. The van der Waals surface area contributed by atoms with E-state index in [4.69, 9.17) is 14.3 Å². The van der Waals surface area contributed by atoms with Crippen molar-refractivity contribution in [1.29, 1.82) is 0 Å². The lowest BCUT2D eigenvalue weighted by molar-refractivity contribution is -0.137. The lowest BCUT2D eigenvalue weighted by Gasteiger charge is -2.42. The fraction of sp³-hybridized carbons (Fsp3) is 0.571. The van der Waals surface area contributed by atoms with Crippen LogP contribution in [0.15, 0.2) is 29.8 Å². The van der Waals surface area contributed by atoms with Crippen molar-refractivity contribution in [3.05, 3.63) is 35.4 Å². The molecular weight excluding hydrogens is 344 g/mol. The molecule has 1 aliphatic carbocycles. The summed E-state index contributed by atoms with van der Waals surface area (Å²) in [5.74, 6) is 1.61. The summed E-state index contributed by atoms with van der Waals surface area (Å²) in [5, 5.41) is 5.12. The van der Waals surface area contributed by atoms with E-state index in [-0.39, 0.29) is 18.1 Å². The van der Waals surface area contributed by atoms with Crippen LogP contribution in [0.1, 0.15) is 25.3 Å². The Bertz CT molecular complexity index is 822. The normalized spacial score (nSPS) is 38.4. The SMILES string of the molecule is C/C=C1\CNC2C[C@@]3(C(=O)N(OC)c4cc(OC)ccc43)[C@@H]3C[C@@H]1C2CO3. The highest BCUT2D eigenvalue weighted by Gasteiger charge is 2.63. The Hall–Kier alpha value is -1.89. The van der Waals surface area contributed by atoms with Crippen LogP contribution < -0.4 is 15.1 Å². The van der Waals surface area contributed by atoms with E-state index >= 15 is 0 Å². The number of hydroxylamine groups is 1. The Labute approximate surface area is 159 Å². The summed E-state index contributed by atoms with van der Waals surface area (Å²) in [7, 11) is 3.18. The molecule has 1 amide bonds. The van der Waals surface area contributed by atoms with Crippen LogP contribution in [0.5, 0.6) is 5.75 Å². The van der Waals surface area contributed by atoms with E-state index in [0.717, 1.165) is 30.6 Å². The Morgan fingerprint density at radius 1 is 1.37 bits per heavy atom. The quantitative estimate of drug-likeness (QED) is 0.809. The van der Waals surface area contributed by atoms with Crippen molar-refractivity contribution in [1.82, 2.24) is 5.32 Å². The third kappa shape index (κ3) is 2.15. The van der Waals surface area contributed by atoms with Gasteiger partial charge < -0.3 is 14.8 Å². The van der Waals surface area contributed by atoms with Crippen LogP contribution in [0.4, 0.5) is 5.69 Å². The molecule has 144 valence electrons. The Morgan fingerprint density at radius 2 is 2.22 bits per heavy atom. The first kappa shape index (κ1) is 17.2. The number of methoxy groups -OCH3 is 1. The molecule has 4 bridgehead atoms. The van der Waals surface area contributed by atoms with E-state index in [1.807, 2.05) is 18.2 Å². The van der Waals surface area contributed by atoms with Gasteiger partial charge in [-0.25, -0.2) is 0 Å². The van der Waals surface area contributed by atoms with Gasteiger partial charge >= 0.3 is 0 Å². The number of hydrogen-bond donors (Lipinski definition) is 1. The van der Waals surface area contributed by atoms with Gasteiger partial charge in [0.05, 0.1) is 32.6 Å². The minimum Gasteiger partial charge on any atom is -0.497 e. The zero-order chi connectivity index (χ0) is 18.8. The van der Waals surface area contributed by atoms with Crippen molar-refractivity contribution in [2.24, 2.45) is 11.8 Å². The lowest BCUT2D eigenvalue weighted by Crippen LogP contribution is -2.50. The number of fused-ring (bicyclic) bond motifs is 2. The van der Waals surface area contributed by atoms with Gasteiger partial charge in [0.15, 0.2) is 0 Å². The molecule has 5 aliphatic rings. The maximum atomic E-state index is 13.7. The van der Waals surface area contributed by atoms with Gasteiger partial charge in [-0.1, -0.05) is 17.7 Å². The molecule has 1 N–H and O–H groups in total. The Balaban J connectivity index is 1.67. The molecule has 27 heavy (non-hydrogen) atoms. The highest BCUT2D eigenvalue weighted by Crippen LogP contribution is 2.56. The molecule has 4 heterocycles. The van der Waals surface area contributed by atoms with Gasteiger partial charge in [-0.2, -0.15) is 5.06 Å². The van der Waals surface area contributed by atoms with Crippen LogP contribution in [0.2, 0.25) is 0 Å². The largest absolute Gasteiger partial charge is 0.497 e. The van der Waals surface area contributed by atoms with E-state index in [2.05, 4.69) is 18.3 Å². The van der Waals surface area contributed by atoms with Gasteiger partial charge in [0.2, 0.25) is 0 Å². The lowest BCUT2D eigenvalue weighted by atomic mass is 9.72. The van der Waals surface area contributed by atoms with Crippen LogP contribution in [0.25, 0.3) is 0 Å². The summed E-state index contributed by atoms with van der Waals surface area (Å²) in [6.07, 6.45) is 3.72. The molecule has 0 radical (unpaired) electrons. The van der Waals surface area contributed by atoms with Gasteiger partial charge in [0, 0.05) is 24.6 Å². The fourth-order valence-corrected chi connectivity index (χ4v) is 5.81. The minimum absolute atomic E-state index is 0.0183. The van der Waals surface area contributed by atoms with Crippen LogP contribution >= 0.6 is 0 Å². The molecule has 1 aromatic carbocycles. The number of carbonyl (C=O) groups excluding carboxylic acids is 1. The standard InChI is InChI=1S/C21H26N2O4/c1-4-12-10-22-17-9-21(19-8-14(12)15(17)11-27-19)16-6-5-13(25-2)7-18(16)23(26-3)20(21)24/h4-7,14-15,17,19,22H,8-11H2,1-3H3/b12-4+/t14-,15?,17?,19-,21-/m0/s1. The van der Waals surface area contributed by atoms with E-state index < -0.39 is 5.41 Å². The zero-order valence-electron chi connectivity index (χ0n) is 16.0. The summed E-state index contributed by atoms with van der Waals surface area (Å²) >= 11 is 0. The monoisotopic (exact) mass is 370 g/mol. The smallest absolute Gasteiger partial charge is 0.264 e. The van der Waals surface area contributed by atoms with E-state index in [0.29, 0.717) is 24.2 Å². The van der Waals surface area contributed by atoms with Gasteiger partial charge in [0.25, 0.3) is 5.91 Å². The number of rotatable bonds is 2. The summed E-state index contributed by atoms with van der Waals surface area (Å²) in [6.45, 7) is 3.72. The molecule has 1 spiro atoms. The van der Waals surface area contributed by atoms with Gasteiger partial charge in [0.1, 0.15) is 11.2 Å². The molecule has 6 nitrogen and oxygen atoms in total. The first-order valence-electron chi connectivity index (χ1n) is 9.71. The molecule has 5 atom stereocenters. The van der Waals surface area contributed by atoms with Crippen molar-refractivity contribution < 1.29 is 19.1 Å². The molecule has 1 aromatic rings. The second-order valence-electron chi connectivity index (χ2n) is 8.02. The summed E-state index contributed by atoms with van der Waals surface area (Å²) in [5.41, 5.74) is 2.52. The fourth-order valence-electron chi connectivity index (χ4n) is 5.81. The first-order valence-corrected chi connectivity index (χ1v) is 9.71. The van der Waals surface area contributed by atoms with Gasteiger partial charge in [-0.05, 0) is 37.3 Å². The van der Waals surface area contributed by atoms with Crippen LogP contribution in [0, 0.1) is 11.8 Å². The van der Waals surface area contributed by atoms with Crippen molar-refractivity contribution in [2.75, 3.05) is 32.4 Å². The van der Waals surface area contributed by atoms with Crippen molar-refractivity contribution in [3.8, 4) is 5.75 Å². The second kappa shape index (κ2) is 6.06. The van der Waals surface area contributed by atoms with Crippen LogP contribution in [-0.2, 0) is 19.8 Å².